The quantitative estimate of drug-likeness (QED) is 0.761. The minimum absolute atomic E-state index is 0.0806. The molecule has 2 rings (SSSR count). The lowest BCUT2D eigenvalue weighted by Crippen LogP contribution is -2.19. The highest BCUT2D eigenvalue weighted by Crippen LogP contribution is 2.22. The molecule has 3 heteroatoms. The molecule has 0 N–H and O–H groups in total. The highest BCUT2D eigenvalue weighted by Gasteiger charge is 2.23. The van der Waals surface area contributed by atoms with Gasteiger partial charge in [0.1, 0.15) is 0 Å². The zero-order chi connectivity index (χ0) is 15.9. The molecule has 0 saturated heterocycles. The second-order valence-electron chi connectivity index (χ2n) is 5.35. The Morgan fingerprint density at radius 1 is 1.00 bits per heavy atom. The minimum Gasteiger partial charge on any atom is -0.450 e. The Morgan fingerprint density at radius 2 is 1.64 bits per heavy atom. The second-order valence-corrected chi connectivity index (χ2v) is 5.35. The van der Waals surface area contributed by atoms with E-state index >= 15 is 0 Å². The van der Waals surface area contributed by atoms with Crippen molar-refractivity contribution >= 4 is 11.8 Å². The van der Waals surface area contributed by atoms with E-state index in [4.69, 9.17) is 4.74 Å². The van der Waals surface area contributed by atoms with E-state index in [9.17, 15) is 9.59 Å². The first kappa shape index (κ1) is 16.0. The number of esters is 1. The molecule has 0 aliphatic heterocycles. The molecule has 0 heterocycles. The predicted molar refractivity (Wildman–Crippen MR) is 85.5 cm³/mol. The van der Waals surface area contributed by atoms with E-state index in [2.05, 4.69) is 0 Å². The zero-order valence-corrected chi connectivity index (χ0v) is 12.9. The molecule has 0 aromatic heterocycles. The van der Waals surface area contributed by atoms with E-state index in [-0.39, 0.29) is 5.78 Å². The number of carbonyl (C=O) groups excluding carboxylic acids is 2. The summed E-state index contributed by atoms with van der Waals surface area (Å²) in [4.78, 5) is 23.8. The number of Topliss-reactive ketones (excluding diaryl/α,β-unsaturated/α-hetero) is 1. The van der Waals surface area contributed by atoms with Crippen molar-refractivity contribution in [3.8, 4) is 0 Å². The van der Waals surface area contributed by atoms with Gasteiger partial charge in [0.15, 0.2) is 11.9 Å². The van der Waals surface area contributed by atoms with Crippen LogP contribution in [0.5, 0.6) is 0 Å². The predicted octanol–water partition coefficient (Wildman–Crippen LogP) is 3.80. The third kappa shape index (κ3) is 4.55. The van der Waals surface area contributed by atoms with E-state index in [1.54, 1.807) is 0 Å². The van der Waals surface area contributed by atoms with Gasteiger partial charge in [-0.15, -0.1) is 0 Å². The summed E-state index contributed by atoms with van der Waals surface area (Å²) >= 11 is 0. The summed E-state index contributed by atoms with van der Waals surface area (Å²) in [5.41, 5.74) is 2.92. The Morgan fingerprint density at radius 3 is 2.23 bits per heavy atom. The van der Waals surface area contributed by atoms with E-state index in [1.807, 2.05) is 61.5 Å². The number of ketones is 1. The average molecular weight is 296 g/mol. The van der Waals surface area contributed by atoms with Crippen molar-refractivity contribution in [2.45, 2.75) is 32.8 Å². The van der Waals surface area contributed by atoms with Crippen LogP contribution in [0.3, 0.4) is 0 Å². The number of carbonyl (C=O) groups is 2. The van der Waals surface area contributed by atoms with Crippen LogP contribution in [0.2, 0.25) is 0 Å². The molecule has 0 amide bonds. The SMILES string of the molecule is CC(=O)OC(C(=O)CCc1ccccc1)c1ccc(C)cc1. The molecular weight excluding hydrogens is 276 g/mol. The minimum atomic E-state index is -0.818. The highest BCUT2D eigenvalue weighted by atomic mass is 16.5. The van der Waals surface area contributed by atoms with E-state index in [0.717, 1.165) is 16.7 Å². The van der Waals surface area contributed by atoms with E-state index in [1.165, 1.54) is 6.92 Å². The number of benzene rings is 2. The molecule has 0 spiro atoms. The molecule has 1 atom stereocenters. The van der Waals surface area contributed by atoms with Gasteiger partial charge in [0.25, 0.3) is 0 Å². The molecule has 0 radical (unpaired) electrons. The second kappa shape index (κ2) is 7.55. The Bertz CT molecular complexity index is 629. The lowest BCUT2D eigenvalue weighted by molar-refractivity contribution is -0.153. The number of aryl methyl sites for hydroxylation is 2. The van der Waals surface area contributed by atoms with Crippen molar-refractivity contribution in [3.05, 3.63) is 71.3 Å². The topological polar surface area (TPSA) is 43.4 Å². The van der Waals surface area contributed by atoms with Gasteiger partial charge in [0.2, 0.25) is 0 Å². The average Bonchev–Trinajstić information content (AvgIpc) is 2.52. The van der Waals surface area contributed by atoms with Crippen molar-refractivity contribution in [2.75, 3.05) is 0 Å². The van der Waals surface area contributed by atoms with Gasteiger partial charge in [-0.05, 0) is 24.5 Å². The van der Waals surface area contributed by atoms with Gasteiger partial charge in [-0.3, -0.25) is 9.59 Å². The molecule has 2 aromatic carbocycles. The molecule has 0 fully saturated rings. The highest BCUT2D eigenvalue weighted by molar-refractivity contribution is 5.86. The Labute approximate surface area is 130 Å². The van der Waals surface area contributed by atoms with Crippen LogP contribution in [0, 0.1) is 6.92 Å². The van der Waals surface area contributed by atoms with Crippen LogP contribution in [0.25, 0.3) is 0 Å². The van der Waals surface area contributed by atoms with Gasteiger partial charge in [0, 0.05) is 13.3 Å². The van der Waals surface area contributed by atoms with Crippen LogP contribution in [0.4, 0.5) is 0 Å². The Hall–Kier alpha value is -2.42. The van der Waals surface area contributed by atoms with Gasteiger partial charge in [-0.1, -0.05) is 60.2 Å². The van der Waals surface area contributed by atoms with Gasteiger partial charge in [-0.25, -0.2) is 0 Å². The maximum Gasteiger partial charge on any atom is 0.303 e. The smallest absolute Gasteiger partial charge is 0.303 e. The first-order chi connectivity index (χ1) is 10.6. The number of hydrogen-bond donors (Lipinski definition) is 0. The van der Waals surface area contributed by atoms with Gasteiger partial charge in [-0.2, -0.15) is 0 Å². The summed E-state index contributed by atoms with van der Waals surface area (Å²) in [6, 6.07) is 17.3. The van der Waals surface area contributed by atoms with Crippen LogP contribution >= 0.6 is 0 Å². The summed E-state index contributed by atoms with van der Waals surface area (Å²) < 4.78 is 5.24. The van der Waals surface area contributed by atoms with Gasteiger partial charge >= 0.3 is 5.97 Å². The lowest BCUT2D eigenvalue weighted by atomic mass is 9.99. The van der Waals surface area contributed by atoms with Crippen molar-refractivity contribution in [3.63, 3.8) is 0 Å². The van der Waals surface area contributed by atoms with Crippen LogP contribution in [0.1, 0.15) is 36.1 Å². The van der Waals surface area contributed by atoms with Crippen LogP contribution < -0.4 is 0 Å². The number of hydrogen-bond acceptors (Lipinski definition) is 3. The molecule has 2 aromatic rings. The molecule has 0 bridgehead atoms. The molecule has 0 saturated carbocycles. The van der Waals surface area contributed by atoms with Crippen molar-refractivity contribution in [2.24, 2.45) is 0 Å². The van der Waals surface area contributed by atoms with Crippen LogP contribution in [-0.2, 0) is 20.7 Å². The van der Waals surface area contributed by atoms with Crippen LogP contribution in [-0.4, -0.2) is 11.8 Å². The maximum atomic E-state index is 12.5. The van der Waals surface area contributed by atoms with E-state index in [0.29, 0.717) is 12.8 Å². The van der Waals surface area contributed by atoms with Gasteiger partial charge < -0.3 is 4.74 Å². The fourth-order valence-corrected chi connectivity index (χ4v) is 2.27. The Balaban J connectivity index is 2.09. The molecule has 0 aliphatic carbocycles. The summed E-state index contributed by atoms with van der Waals surface area (Å²) in [5, 5.41) is 0. The van der Waals surface area contributed by atoms with Crippen molar-refractivity contribution in [1.82, 2.24) is 0 Å². The molecular formula is C19H20O3. The largest absolute Gasteiger partial charge is 0.450 e. The number of ether oxygens (including phenoxy) is 1. The fraction of sp³-hybridized carbons (Fsp3) is 0.263. The Kier molecular flexibility index (Phi) is 5.48. The summed E-state index contributed by atoms with van der Waals surface area (Å²) in [6.45, 7) is 3.30. The van der Waals surface area contributed by atoms with Gasteiger partial charge in [0.05, 0.1) is 0 Å². The summed E-state index contributed by atoms with van der Waals surface area (Å²) in [7, 11) is 0. The van der Waals surface area contributed by atoms with Crippen LogP contribution in [0.15, 0.2) is 54.6 Å². The van der Waals surface area contributed by atoms with Crippen molar-refractivity contribution in [1.29, 1.82) is 0 Å². The van der Waals surface area contributed by atoms with Crippen molar-refractivity contribution < 1.29 is 14.3 Å². The summed E-state index contributed by atoms with van der Waals surface area (Å²) in [5.74, 6) is -0.526. The molecule has 1 unspecified atom stereocenters. The zero-order valence-electron chi connectivity index (χ0n) is 12.9. The molecule has 3 nitrogen and oxygen atoms in total. The third-order valence-electron chi connectivity index (χ3n) is 3.46. The first-order valence-corrected chi connectivity index (χ1v) is 7.36. The molecule has 0 aliphatic rings. The number of rotatable bonds is 6. The normalized spacial score (nSPS) is 11.7. The third-order valence-corrected chi connectivity index (χ3v) is 3.46. The summed E-state index contributed by atoms with van der Waals surface area (Å²) in [6.07, 6.45) is 0.167. The fourth-order valence-electron chi connectivity index (χ4n) is 2.27. The maximum absolute atomic E-state index is 12.5. The first-order valence-electron chi connectivity index (χ1n) is 7.36. The lowest BCUT2D eigenvalue weighted by Gasteiger charge is -2.16. The monoisotopic (exact) mass is 296 g/mol. The van der Waals surface area contributed by atoms with E-state index < -0.39 is 12.1 Å². The molecule has 22 heavy (non-hydrogen) atoms. The standard InChI is InChI=1S/C19H20O3/c1-14-8-11-17(12-9-14)19(22-15(2)20)18(21)13-10-16-6-4-3-5-7-16/h3-9,11-12,19H,10,13H2,1-2H3. The molecule has 114 valence electrons.